The number of nitrogens with zero attached hydrogens (tertiary/aromatic N) is 3. The molecule has 2 aromatic rings. The predicted octanol–water partition coefficient (Wildman–Crippen LogP) is 2.32. The van der Waals surface area contributed by atoms with Gasteiger partial charge >= 0.3 is 0 Å². The maximum Gasteiger partial charge on any atom is 0.265 e. The van der Waals surface area contributed by atoms with Gasteiger partial charge in [-0.05, 0) is 32.9 Å². The molecule has 1 aromatic heterocycles. The molecule has 0 saturated heterocycles. The molecular weight excluding hydrogens is 308 g/mol. The number of methoxy groups -OCH3 is 1. The summed E-state index contributed by atoms with van der Waals surface area (Å²) in [6.07, 6.45) is -0.745. The van der Waals surface area contributed by atoms with Crippen LogP contribution in [-0.2, 0) is 11.8 Å². The quantitative estimate of drug-likeness (QED) is 0.910. The summed E-state index contributed by atoms with van der Waals surface area (Å²) in [5.74, 6) is 0.516. The highest BCUT2D eigenvalue weighted by atomic mass is 16.5. The smallest absolute Gasteiger partial charge is 0.265 e. The number of rotatable bonds is 5. The van der Waals surface area contributed by atoms with E-state index in [9.17, 15) is 4.79 Å². The number of carbonyl (C=O) groups is 1. The molecule has 7 heteroatoms. The Kier molecular flexibility index (Phi) is 5.09. The molecule has 0 radical (unpaired) electrons. The molecule has 0 spiro atoms. The van der Waals surface area contributed by atoms with E-state index in [4.69, 9.17) is 14.7 Å². The molecule has 0 aliphatic rings. The van der Waals surface area contributed by atoms with E-state index in [1.165, 1.54) is 7.11 Å². The third kappa shape index (κ3) is 3.49. The van der Waals surface area contributed by atoms with E-state index in [0.717, 1.165) is 11.4 Å². The average molecular weight is 328 g/mol. The van der Waals surface area contributed by atoms with E-state index in [0.29, 0.717) is 22.7 Å². The van der Waals surface area contributed by atoms with E-state index in [2.05, 4.69) is 10.4 Å². The SMILES string of the molecule is COc1cc(C#N)ccc1OC(C)C(=O)Nc1c(C)nn(C)c1C. The van der Waals surface area contributed by atoms with Gasteiger partial charge in [-0.3, -0.25) is 9.48 Å². The Morgan fingerprint density at radius 1 is 1.38 bits per heavy atom. The summed E-state index contributed by atoms with van der Waals surface area (Å²) in [5.41, 5.74) is 2.75. The highest BCUT2D eigenvalue weighted by molar-refractivity contribution is 5.95. The zero-order valence-corrected chi connectivity index (χ0v) is 14.4. The van der Waals surface area contributed by atoms with Gasteiger partial charge in [0.05, 0.1) is 35.8 Å². The van der Waals surface area contributed by atoms with E-state index in [1.807, 2.05) is 27.0 Å². The zero-order valence-electron chi connectivity index (χ0n) is 14.4. The van der Waals surface area contributed by atoms with Crippen LogP contribution in [-0.4, -0.2) is 28.9 Å². The number of hydrogen-bond acceptors (Lipinski definition) is 5. The molecule has 1 aromatic carbocycles. The first-order chi connectivity index (χ1) is 11.4. The highest BCUT2D eigenvalue weighted by Crippen LogP contribution is 2.29. The summed E-state index contributed by atoms with van der Waals surface area (Å²) in [5, 5.41) is 16.0. The van der Waals surface area contributed by atoms with Crippen molar-refractivity contribution in [3.8, 4) is 17.6 Å². The molecule has 0 aliphatic carbocycles. The van der Waals surface area contributed by atoms with Crippen LogP contribution in [0.2, 0.25) is 0 Å². The Bertz CT molecular complexity index is 805. The molecule has 0 saturated carbocycles. The Morgan fingerprint density at radius 2 is 2.08 bits per heavy atom. The molecule has 0 aliphatic heterocycles. The number of hydrogen-bond donors (Lipinski definition) is 1. The summed E-state index contributed by atoms with van der Waals surface area (Å²) in [6, 6.07) is 6.82. The first kappa shape index (κ1) is 17.3. The van der Waals surface area contributed by atoms with Crippen molar-refractivity contribution in [2.45, 2.75) is 26.9 Å². The number of nitriles is 1. The van der Waals surface area contributed by atoms with Gasteiger partial charge in [0.1, 0.15) is 0 Å². The van der Waals surface area contributed by atoms with Gasteiger partial charge in [-0.1, -0.05) is 0 Å². The number of benzene rings is 1. The summed E-state index contributed by atoms with van der Waals surface area (Å²) >= 11 is 0. The second-order valence-corrected chi connectivity index (χ2v) is 5.40. The number of carbonyl (C=O) groups excluding carboxylic acids is 1. The van der Waals surface area contributed by atoms with Crippen LogP contribution in [0.4, 0.5) is 5.69 Å². The molecule has 1 atom stereocenters. The summed E-state index contributed by atoms with van der Waals surface area (Å²) in [7, 11) is 3.30. The van der Waals surface area contributed by atoms with E-state index >= 15 is 0 Å². The molecule has 1 unspecified atom stereocenters. The fraction of sp³-hybridized carbons (Fsp3) is 0.353. The molecule has 1 heterocycles. The number of nitrogens with one attached hydrogen (secondary N) is 1. The lowest BCUT2D eigenvalue weighted by atomic mass is 10.2. The monoisotopic (exact) mass is 328 g/mol. The third-order valence-electron chi connectivity index (χ3n) is 3.72. The maximum atomic E-state index is 12.4. The van der Waals surface area contributed by atoms with Crippen LogP contribution in [0.3, 0.4) is 0 Å². The van der Waals surface area contributed by atoms with Crippen LogP contribution in [0, 0.1) is 25.2 Å². The third-order valence-corrected chi connectivity index (χ3v) is 3.72. The van der Waals surface area contributed by atoms with Gasteiger partial charge in [0.2, 0.25) is 0 Å². The topological polar surface area (TPSA) is 89.2 Å². The van der Waals surface area contributed by atoms with Crippen molar-refractivity contribution in [2.24, 2.45) is 7.05 Å². The minimum atomic E-state index is -0.745. The van der Waals surface area contributed by atoms with Crippen molar-refractivity contribution in [1.29, 1.82) is 5.26 Å². The Labute approximate surface area is 140 Å². The maximum absolute atomic E-state index is 12.4. The molecule has 0 fully saturated rings. The average Bonchev–Trinajstić information content (AvgIpc) is 2.81. The molecule has 7 nitrogen and oxygen atoms in total. The number of amides is 1. The summed E-state index contributed by atoms with van der Waals surface area (Å²) in [4.78, 5) is 12.4. The summed E-state index contributed by atoms with van der Waals surface area (Å²) < 4.78 is 12.6. The number of aromatic nitrogens is 2. The second kappa shape index (κ2) is 7.04. The van der Waals surface area contributed by atoms with E-state index in [1.54, 1.807) is 29.8 Å². The molecular formula is C17H20N4O3. The van der Waals surface area contributed by atoms with Crippen LogP contribution >= 0.6 is 0 Å². The van der Waals surface area contributed by atoms with Gasteiger partial charge in [-0.2, -0.15) is 10.4 Å². The van der Waals surface area contributed by atoms with Gasteiger partial charge in [0.15, 0.2) is 17.6 Å². The second-order valence-electron chi connectivity index (χ2n) is 5.40. The van der Waals surface area contributed by atoms with Gasteiger partial charge in [0.25, 0.3) is 5.91 Å². The van der Waals surface area contributed by atoms with Gasteiger partial charge in [0, 0.05) is 13.1 Å². The predicted molar refractivity (Wildman–Crippen MR) is 89.1 cm³/mol. The molecule has 1 N–H and O–H groups in total. The van der Waals surface area contributed by atoms with Crippen LogP contribution in [0.15, 0.2) is 18.2 Å². The molecule has 0 bridgehead atoms. The molecule has 24 heavy (non-hydrogen) atoms. The molecule has 2 rings (SSSR count). The van der Waals surface area contributed by atoms with E-state index < -0.39 is 6.10 Å². The van der Waals surface area contributed by atoms with Crippen molar-refractivity contribution in [1.82, 2.24) is 9.78 Å². The number of anilines is 1. The largest absolute Gasteiger partial charge is 0.493 e. The van der Waals surface area contributed by atoms with Crippen molar-refractivity contribution in [2.75, 3.05) is 12.4 Å². The fourth-order valence-corrected chi connectivity index (χ4v) is 2.26. The van der Waals surface area contributed by atoms with Crippen LogP contribution in [0.1, 0.15) is 23.9 Å². The number of aryl methyl sites for hydroxylation is 2. The minimum Gasteiger partial charge on any atom is -0.493 e. The number of ether oxygens (including phenoxy) is 2. The van der Waals surface area contributed by atoms with Crippen LogP contribution < -0.4 is 14.8 Å². The molecule has 1 amide bonds. The Balaban J connectivity index is 2.13. The lowest BCUT2D eigenvalue weighted by molar-refractivity contribution is -0.122. The Morgan fingerprint density at radius 3 is 2.62 bits per heavy atom. The lowest BCUT2D eigenvalue weighted by Gasteiger charge is -2.17. The Hall–Kier alpha value is -3.01. The minimum absolute atomic E-state index is 0.291. The standard InChI is InChI=1S/C17H20N4O3/c1-10-16(11(2)21(4)20-10)19-17(22)12(3)24-14-7-6-13(9-18)8-15(14)23-5/h6-8,12H,1-5H3,(H,19,22). The van der Waals surface area contributed by atoms with Crippen molar-refractivity contribution in [3.05, 3.63) is 35.2 Å². The molecule has 126 valence electrons. The first-order valence-electron chi connectivity index (χ1n) is 7.43. The zero-order chi connectivity index (χ0) is 17.9. The lowest BCUT2D eigenvalue weighted by Crippen LogP contribution is -2.30. The van der Waals surface area contributed by atoms with Crippen molar-refractivity contribution in [3.63, 3.8) is 0 Å². The first-order valence-corrected chi connectivity index (χ1v) is 7.43. The van der Waals surface area contributed by atoms with Crippen molar-refractivity contribution < 1.29 is 14.3 Å². The van der Waals surface area contributed by atoms with Crippen molar-refractivity contribution >= 4 is 11.6 Å². The van der Waals surface area contributed by atoms with Gasteiger partial charge in [-0.15, -0.1) is 0 Å². The normalized spacial score (nSPS) is 11.5. The summed E-state index contributed by atoms with van der Waals surface area (Å²) in [6.45, 7) is 5.36. The van der Waals surface area contributed by atoms with Crippen LogP contribution in [0.5, 0.6) is 11.5 Å². The van der Waals surface area contributed by atoms with Gasteiger partial charge < -0.3 is 14.8 Å². The highest BCUT2D eigenvalue weighted by Gasteiger charge is 2.20. The van der Waals surface area contributed by atoms with E-state index in [-0.39, 0.29) is 5.91 Å². The van der Waals surface area contributed by atoms with Gasteiger partial charge in [-0.25, -0.2) is 0 Å². The van der Waals surface area contributed by atoms with Crippen LogP contribution in [0.25, 0.3) is 0 Å². The fourth-order valence-electron chi connectivity index (χ4n) is 2.26.